The van der Waals surface area contributed by atoms with Crippen LogP contribution < -0.4 is 0 Å². The quantitative estimate of drug-likeness (QED) is 0.116. The molecule has 334 valence electrons. The average molecular weight is 977 g/mol. The summed E-state index contributed by atoms with van der Waals surface area (Å²) in [6, 6.07) is 97.2. The van der Waals surface area contributed by atoms with Crippen molar-refractivity contribution in [2.75, 3.05) is 0 Å². The molecule has 0 N–H and O–H groups in total. The van der Waals surface area contributed by atoms with Gasteiger partial charge in [-0.1, -0.05) is 60.7 Å². The van der Waals surface area contributed by atoms with Gasteiger partial charge in [-0.3, -0.25) is 0 Å². The van der Waals surface area contributed by atoms with E-state index in [1.54, 1.807) is 0 Å². The van der Waals surface area contributed by atoms with Crippen LogP contribution >= 0.6 is 0 Å². The summed E-state index contributed by atoms with van der Waals surface area (Å²) < 4.78 is 5.44. The Balaban J connectivity index is 0.997. The van der Waals surface area contributed by atoms with Crippen molar-refractivity contribution in [1.29, 1.82) is 0 Å². The molecule has 0 saturated heterocycles. The van der Waals surface area contributed by atoms with Crippen LogP contribution in [0.5, 0.6) is 0 Å². The van der Waals surface area contributed by atoms with Gasteiger partial charge >= 0.3 is 365 Å². The molecule has 2 heteroatoms. The summed E-state index contributed by atoms with van der Waals surface area (Å²) in [6.07, 6.45) is 0. The molecule has 2 aromatic heterocycles. The number of hydrogen-bond donors (Lipinski definition) is 0. The van der Waals surface area contributed by atoms with Gasteiger partial charge in [-0.05, 0) is 0 Å². The van der Waals surface area contributed by atoms with E-state index in [2.05, 4.69) is 265 Å². The van der Waals surface area contributed by atoms with Crippen molar-refractivity contribution in [2.45, 2.75) is 0 Å². The Morgan fingerprint density at radius 1 is 0.250 bits per heavy atom. The third kappa shape index (κ3) is 6.20. The molecule has 0 spiro atoms. The number of hydrogen-bond acceptors (Lipinski definition) is 0. The fourth-order valence-electron chi connectivity index (χ4n) is 12.1. The molecule has 0 amide bonds. The maximum Gasteiger partial charge on any atom is -0.0544 e. The zero-order chi connectivity index (χ0) is 47.3. The van der Waals surface area contributed by atoms with E-state index in [1.165, 1.54) is 146 Å². The molecule has 0 aliphatic carbocycles. The molecular weight excluding hydrogens is 934 g/mol. The minimum atomic E-state index is 0.0630. The smallest absolute Gasteiger partial charge is 0.0544 e. The van der Waals surface area contributed by atoms with Gasteiger partial charge in [-0.25, -0.2) is 0 Å². The average Bonchev–Trinajstić information content (AvgIpc) is 4.00. The zero-order valence-electron chi connectivity index (χ0n) is 39.2. The first kappa shape index (κ1) is 41.0. The molecule has 15 aromatic rings. The van der Waals surface area contributed by atoms with E-state index in [9.17, 15) is 0 Å². The van der Waals surface area contributed by atoms with E-state index in [1.807, 2.05) is 0 Å². The van der Waals surface area contributed by atoms with Crippen molar-refractivity contribution in [3.05, 3.63) is 261 Å². The Bertz CT molecular complexity index is 4450. The molecule has 0 bridgehead atoms. The summed E-state index contributed by atoms with van der Waals surface area (Å²) in [5, 5.41) is 15.3. The molecule has 0 saturated carbocycles. The summed E-state index contributed by atoms with van der Waals surface area (Å²) in [6.45, 7) is 0. The molecule has 0 unspecified atom stereocenters. The van der Waals surface area contributed by atoms with Gasteiger partial charge < -0.3 is 0 Å². The second-order valence-electron chi connectivity index (χ2n) is 19.0. The molecule has 1 nitrogen and oxygen atoms in total. The fraction of sp³-hybridized carbons (Fsp3) is 0. The van der Waals surface area contributed by atoms with E-state index in [4.69, 9.17) is 0 Å². The SMILES string of the molecule is c1ccc(-c2ccc3c(c2)c2cc(-c4ccccc4)ccc2n3-c2c3ccccc3c(-c3cccc4c3[se]c3cccc(-c5c6ccccc6c(-c6ccccc6)c6ccccc56)c34)c3ccccc23)cc1. The van der Waals surface area contributed by atoms with Gasteiger partial charge in [0.15, 0.2) is 0 Å². The molecule has 0 radical (unpaired) electrons. The second kappa shape index (κ2) is 16.4. The van der Waals surface area contributed by atoms with Crippen LogP contribution in [0.4, 0.5) is 0 Å². The van der Waals surface area contributed by atoms with Crippen LogP contribution in [0, 0.1) is 0 Å². The van der Waals surface area contributed by atoms with Gasteiger partial charge in [-0.2, -0.15) is 0 Å². The molecule has 72 heavy (non-hydrogen) atoms. The summed E-state index contributed by atoms with van der Waals surface area (Å²) in [5.41, 5.74) is 16.2. The largest absolute Gasteiger partial charge is 0.0617 e. The molecule has 13 aromatic carbocycles. The minimum Gasteiger partial charge on any atom is -0.0617 e. The van der Waals surface area contributed by atoms with Gasteiger partial charge in [0.25, 0.3) is 0 Å². The molecule has 0 atom stereocenters. The maximum absolute atomic E-state index is 2.56. The van der Waals surface area contributed by atoms with Crippen molar-refractivity contribution in [3.63, 3.8) is 0 Å². The van der Waals surface area contributed by atoms with E-state index in [0.29, 0.717) is 0 Å². The Kier molecular flexibility index (Phi) is 9.35. The van der Waals surface area contributed by atoms with Crippen molar-refractivity contribution in [1.82, 2.24) is 4.57 Å². The van der Waals surface area contributed by atoms with Crippen LogP contribution in [-0.2, 0) is 0 Å². The van der Waals surface area contributed by atoms with Crippen LogP contribution in [0.25, 0.3) is 146 Å². The fourth-order valence-corrected chi connectivity index (χ4v) is 14.7. The summed E-state index contributed by atoms with van der Waals surface area (Å²) in [4.78, 5) is 0. The standard InChI is InChI=1S/C70H43NSe/c1-4-20-44(21-5-1)47-38-40-62-60(42-47)61-43-48(45-22-6-2-7-23-45)39-41-63(61)71(62)69-55-32-16-14-30-53(55)67(54-31-15-17-33-56(54)69)58-35-18-36-59-68-57(34-19-37-64(68)72-70(58)59)66-51-28-12-10-26-49(51)65(46-24-8-3-9-25-46)50-27-11-13-29-52(50)66/h1-43H. The van der Waals surface area contributed by atoms with Crippen LogP contribution in [0.1, 0.15) is 0 Å². The Morgan fingerprint density at radius 3 is 1.15 bits per heavy atom. The third-order valence-electron chi connectivity index (χ3n) is 15.2. The number of aromatic nitrogens is 1. The van der Waals surface area contributed by atoms with E-state index < -0.39 is 0 Å². The number of fused-ring (bicyclic) bond motifs is 10. The summed E-state index contributed by atoms with van der Waals surface area (Å²) >= 11 is 0.0630. The Labute approximate surface area is 422 Å². The first-order valence-electron chi connectivity index (χ1n) is 24.8. The monoisotopic (exact) mass is 977 g/mol. The third-order valence-corrected chi connectivity index (χ3v) is 17.7. The molecule has 2 heterocycles. The van der Waals surface area contributed by atoms with Crippen LogP contribution in [0.15, 0.2) is 261 Å². The molecule has 15 rings (SSSR count). The van der Waals surface area contributed by atoms with Crippen molar-refractivity contribution < 1.29 is 0 Å². The molecular formula is C70H43NSe. The van der Waals surface area contributed by atoms with Gasteiger partial charge in [0.2, 0.25) is 0 Å². The van der Waals surface area contributed by atoms with Gasteiger partial charge in [0.1, 0.15) is 0 Å². The molecule has 0 aliphatic rings. The topological polar surface area (TPSA) is 4.93 Å². The Morgan fingerprint density at radius 2 is 0.639 bits per heavy atom. The van der Waals surface area contributed by atoms with E-state index in [-0.39, 0.29) is 14.5 Å². The predicted molar refractivity (Wildman–Crippen MR) is 310 cm³/mol. The molecule has 0 fully saturated rings. The first-order valence-corrected chi connectivity index (χ1v) is 26.5. The van der Waals surface area contributed by atoms with E-state index in [0.717, 1.165) is 0 Å². The molecule has 0 aliphatic heterocycles. The van der Waals surface area contributed by atoms with Crippen LogP contribution in [0.3, 0.4) is 0 Å². The first-order chi connectivity index (χ1) is 35.8. The predicted octanol–water partition coefficient (Wildman–Crippen LogP) is 19.1. The normalized spacial score (nSPS) is 11.9. The summed E-state index contributed by atoms with van der Waals surface area (Å²) in [5.74, 6) is 0. The minimum absolute atomic E-state index is 0.0630. The number of nitrogens with zero attached hydrogens (tertiary/aromatic N) is 1. The Hall–Kier alpha value is -8.78. The number of benzene rings is 13. The number of rotatable bonds is 6. The summed E-state index contributed by atoms with van der Waals surface area (Å²) in [7, 11) is 0. The van der Waals surface area contributed by atoms with Gasteiger partial charge in [0, 0.05) is 0 Å². The van der Waals surface area contributed by atoms with Gasteiger partial charge in [0.05, 0.1) is 0 Å². The maximum atomic E-state index is 2.56. The second-order valence-corrected chi connectivity index (χ2v) is 21.2. The van der Waals surface area contributed by atoms with Crippen LogP contribution in [0.2, 0.25) is 0 Å². The van der Waals surface area contributed by atoms with Gasteiger partial charge in [-0.15, -0.1) is 0 Å². The van der Waals surface area contributed by atoms with E-state index >= 15 is 0 Å². The van der Waals surface area contributed by atoms with Crippen LogP contribution in [-0.4, -0.2) is 19.1 Å². The van der Waals surface area contributed by atoms with Crippen molar-refractivity contribution >= 4 is 98.7 Å². The zero-order valence-corrected chi connectivity index (χ0v) is 40.9. The van der Waals surface area contributed by atoms with Crippen molar-refractivity contribution in [2.24, 2.45) is 0 Å². The van der Waals surface area contributed by atoms with Crippen molar-refractivity contribution in [3.8, 4) is 61.3 Å².